The van der Waals surface area contributed by atoms with Crippen LogP contribution in [0.4, 0.5) is 11.4 Å². The van der Waals surface area contributed by atoms with Crippen molar-refractivity contribution in [1.82, 2.24) is 29.8 Å². The SMILES string of the molecule is CCOc1cc(C(CS(C)(=O)=O)N2C(=O)c3cccc(NC(=O)CCCCCN4CCN(CC(=O)Nc5ccc6c(C7CCC(=O)NC7=O)nn(C)c6c5)CC4)c3C2=O)ccc1OC. The average Bonchev–Trinajstić information content (AvgIpc) is 3.71. The Morgan fingerprint density at radius 1 is 0.906 bits per heavy atom. The number of nitrogens with one attached hydrogen (secondary N) is 3. The van der Waals surface area contributed by atoms with Gasteiger partial charge >= 0.3 is 0 Å². The van der Waals surface area contributed by atoms with Gasteiger partial charge in [0.1, 0.15) is 9.84 Å². The Bertz CT molecular complexity index is 2590. The fraction of sp³-hybridized carbons (Fsp3) is 0.444. The van der Waals surface area contributed by atoms with Gasteiger partial charge in [0.2, 0.25) is 23.6 Å². The van der Waals surface area contributed by atoms with E-state index in [4.69, 9.17) is 9.47 Å². The second-order valence-electron chi connectivity index (χ2n) is 16.4. The van der Waals surface area contributed by atoms with Gasteiger partial charge < -0.3 is 25.0 Å². The molecule has 2 saturated heterocycles. The van der Waals surface area contributed by atoms with Gasteiger partial charge in [-0.1, -0.05) is 18.6 Å². The van der Waals surface area contributed by atoms with Crippen molar-refractivity contribution in [2.45, 2.75) is 57.4 Å². The maximum Gasteiger partial charge on any atom is 0.264 e. The Morgan fingerprint density at radius 2 is 1.67 bits per heavy atom. The second-order valence-corrected chi connectivity index (χ2v) is 18.6. The molecule has 4 heterocycles. The number of ether oxygens (including phenoxy) is 2. The lowest BCUT2D eigenvalue weighted by atomic mass is 9.93. The third-order valence-corrected chi connectivity index (χ3v) is 12.7. The highest BCUT2D eigenvalue weighted by molar-refractivity contribution is 7.90. The molecule has 2 unspecified atom stereocenters. The number of methoxy groups -OCH3 is 1. The van der Waals surface area contributed by atoms with E-state index in [9.17, 15) is 37.2 Å². The van der Waals surface area contributed by atoms with Crippen molar-refractivity contribution in [2.75, 3.05) is 75.6 Å². The lowest BCUT2D eigenvalue weighted by molar-refractivity contribution is -0.134. The van der Waals surface area contributed by atoms with Gasteiger partial charge in [-0.25, -0.2) is 8.42 Å². The number of amides is 6. The van der Waals surface area contributed by atoms with Crippen molar-refractivity contribution in [3.05, 3.63) is 77.0 Å². The number of carbonyl (C=O) groups excluding carboxylic acids is 6. The molecule has 3 N–H and O–H groups in total. The molecule has 3 aliphatic rings. The van der Waals surface area contributed by atoms with Crippen molar-refractivity contribution in [3.8, 4) is 11.5 Å². The Kier molecular flexibility index (Phi) is 14.1. The summed E-state index contributed by atoms with van der Waals surface area (Å²) < 4.78 is 38.0. The molecule has 0 aliphatic carbocycles. The molecule has 2 fully saturated rings. The largest absolute Gasteiger partial charge is 0.493 e. The first-order valence-electron chi connectivity index (χ1n) is 21.5. The molecule has 0 spiro atoms. The number of fused-ring (bicyclic) bond motifs is 2. The first-order chi connectivity index (χ1) is 30.6. The van der Waals surface area contributed by atoms with E-state index < -0.39 is 39.4 Å². The van der Waals surface area contributed by atoms with Crippen LogP contribution in [0.2, 0.25) is 0 Å². The number of anilines is 2. The zero-order chi connectivity index (χ0) is 45.7. The van der Waals surface area contributed by atoms with E-state index in [-0.39, 0.29) is 59.8 Å². The fourth-order valence-corrected chi connectivity index (χ4v) is 9.54. The van der Waals surface area contributed by atoms with Crippen molar-refractivity contribution >= 4 is 67.6 Å². The van der Waals surface area contributed by atoms with E-state index in [0.717, 1.165) is 67.6 Å². The molecule has 6 amide bonds. The maximum absolute atomic E-state index is 14.0. The summed E-state index contributed by atoms with van der Waals surface area (Å²) in [6, 6.07) is 13.7. The van der Waals surface area contributed by atoms with E-state index in [1.807, 2.05) is 12.1 Å². The van der Waals surface area contributed by atoms with Crippen molar-refractivity contribution in [3.63, 3.8) is 0 Å². The molecule has 340 valence electrons. The number of piperazine rings is 1. The van der Waals surface area contributed by atoms with Crippen LogP contribution in [0.3, 0.4) is 0 Å². The molecule has 7 rings (SSSR count). The van der Waals surface area contributed by atoms with Crippen LogP contribution < -0.4 is 25.4 Å². The number of carbonyl (C=O) groups is 6. The number of unbranched alkanes of at least 4 members (excludes halogenated alkanes) is 2. The van der Waals surface area contributed by atoms with Crippen LogP contribution in [0.15, 0.2) is 54.6 Å². The van der Waals surface area contributed by atoms with Crippen LogP contribution in [-0.4, -0.2) is 133 Å². The molecule has 0 bridgehead atoms. The molecule has 19 heteroatoms. The van der Waals surface area contributed by atoms with E-state index in [0.29, 0.717) is 47.9 Å². The standard InChI is InChI=1S/C45H54N8O10S/c1-5-63-37-24-28(13-17-36(37)62-3)35(27-64(4,60)61)53-44(58)31-10-9-11-33(41(31)45(53)59)47-38(54)12-7-6-8-19-51-20-22-52(23-21-51)26-40(56)46-29-14-15-30-34(25-29)50(2)49-42(30)32-16-18-39(55)48-43(32)57/h9-11,13-15,17,24-25,32,35H,5-8,12,16,18-23,26-27H2,1-4H3,(H,46,56)(H,47,54)(H,48,55,57). The fourth-order valence-electron chi connectivity index (χ4n) is 8.63. The highest BCUT2D eigenvalue weighted by Gasteiger charge is 2.43. The Balaban J connectivity index is 0.851. The lowest BCUT2D eigenvalue weighted by Gasteiger charge is -2.34. The quantitative estimate of drug-likeness (QED) is 0.0962. The minimum atomic E-state index is -3.69. The number of imide groups is 2. The summed E-state index contributed by atoms with van der Waals surface area (Å²) in [5.74, 6) is -2.69. The van der Waals surface area contributed by atoms with Gasteiger partial charge in [0, 0.05) is 63.4 Å². The number of aromatic nitrogens is 2. The minimum Gasteiger partial charge on any atom is -0.493 e. The monoisotopic (exact) mass is 898 g/mol. The summed E-state index contributed by atoms with van der Waals surface area (Å²) in [5.41, 5.74) is 2.67. The second kappa shape index (κ2) is 19.7. The molecule has 0 radical (unpaired) electrons. The van der Waals surface area contributed by atoms with Crippen LogP contribution in [-0.2, 0) is 36.1 Å². The molecule has 4 aromatic rings. The van der Waals surface area contributed by atoms with Crippen LogP contribution in [0, 0.1) is 0 Å². The number of aryl methyl sites for hydroxylation is 1. The van der Waals surface area contributed by atoms with Crippen LogP contribution in [0.25, 0.3) is 10.9 Å². The predicted molar refractivity (Wildman–Crippen MR) is 238 cm³/mol. The van der Waals surface area contributed by atoms with Gasteiger partial charge in [-0.15, -0.1) is 0 Å². The first-order valence-corrected chi connectivity index (χ1v) is 23.5. The van der Waals surface area contributed by atoms with Crippen LogP contribution in [0.1, 0.15) is 89.4 Å². The summed E-state index contributed by atoms with van der Waals surface area (Å²) in [4.78, 5) is 83.5. The van der Waals surface area contributed by atoms with Crippen LogP contribution >= 0.6 is 0 Å². The van der Waals surface area contributed by atoms with E-state index >= 15 is 0 Å². The average molecular weight is 899 g/mol. The zero-order valence-corrected chi connectivity index (χ0v) is 37.3. The topological polar surface area (TPSA) is 219 Å². The number of nitrogens with zero attached hydrogens (tertiary/aromatic N) is 5. The molecular weight excluding hydrogens is 845 g/mol. The van der Waals surface area contributed by atoms with Gasteiger partial charge in [-0.3, -0.25) is 48.6 Å². The Labute approximate surface area is 371 Å². The normalized spacial score (nSPS) is 17.6. The van der Waals surface area contributed by atoms with Crippen molar-refractivity contribution < 1.29 is 46.7 Å². The molecule has 18 nitrogen and oxygen atoms in total. The van der Waals surface area contributed by atoms with Crippen molar-refractivity contribution in [1.29, 1.82) is 0 Å². The zero-order valence-electron chi connectivity index (χ0n) is 36.5. The predicted octanol–water partition coefficient (Wildman–Crippen LogP) is 3.64. The van der Waals surface area contributed by atoms with Gasteiger partial charge in [0.15, 0.2) is 11.5 Å². The van der Waals surface area contributed by atoms with Gasteiger partial charge in [0.25, 0.3) is 11.8 Å². The highest BCUT2D eigenvalue weighted by Crippen LogP contribution is 2.39. The van der Waals surface area contributed by atoms with E-state index in [2.05, 4.69) is 30.8 Å². The minimum absolute atomic E-state index is 0.0165. The van der Waals surface area contributed by atoms with E-state index in [1.165, 1.54) is 13.2 Å². The number of hydrogen-bond acceptors (Lipinski definition) is 13. The third kappa shape index (κ3) is 10.4. The summed E-state index contributed by atoms with van der Waals surface area (Å²) in [6.07, 6.45) is 4.19. The van der Waals surface area contributed by atoms with Gasteiger partial charge in [0.05, 0.1) is 66.0 Å². The summed E-state index contributed by atoms with van der Waals surface area (Å²) in [5, 5.41) is 13.6. The van der Waals surface area contributed by atoms with E-state index in [1.54, 1.807) is 55.1 Å². The molecule has 3 aliphatic heterocycles. The van der Waals surface area contributed by atoms with Crippen molar-refractivity contribution in [2.24, 2.45) is 7.05 Å². The van der Waals surface area contributed by atoms with Crippen LogP contribution in [0.5, 0.6) is 11.5 Å². The smallest absolute Gasteiger partial charge is 0.264 e. The third-order valence-electron chi connectivity index (χ3n) is 11.8. The first kappa shape index (κ1) is 45.8. The summed E-state index contributed by atoms with van der Waals surface area (Å²) in [6.45, 7) is 6.26. The molecule has 1 aromatic heterocycles. The maximum atomic E-state index is 14.0. The number of rotatable bonds is 18. The number of sulfone groups is 1. The number of piperidine rings is 1. The summed E-state index contributed by atoms with van der Waals surface area (Å²) >= 11 is 0. The molecular formula is C45H54N8O10S. The number of hydrogen-bond donors (Lipinski definition) is 3. The summed E-state index contributed by atoms with van der Waals surface area (Å²) in [7, 11) is -0.429. The molecule has 3 aromatic carbocycles. The Hall–Kier alpha value is -6.18. The Morgan fingerprint density at radius 3 is 2.39 bits per heavy atom. The van der Waals surface area contributed by atoms with Gasteiger partial charge in [-0.2, -0.15) is 5.10 Å². The lowest BCUT2D eigenvalue weighted by Crippen LogP contribution is -2.48. The molecule has 2 atom stereocenters. The number of benzene rings is 3. The highest BCUT2D eigenvalue weighted by atomic mass is 32.2. The molecule has 0 saturated carbocycles. The van der Waals surface area contributed by atoms with Gasteiger partial charge in [-0.05, 0) is 80.8 Å². The molecule has 64 heavy (non-hydrogen) atoms.